The summed E-state index contributed by atoms with van der Waals surface area (Å²) in [6, 6.07) is 0. The molecule has 0 aromatic carbocycles. The van der Waals surface area contributed by atoms with Crippen LogP contribution in [0.2, 0.25) is 0 Å². The zero-order valence-corrected chi connectivity index (χ0v) is 124. The van der Waals surface area contributed by atoms with Crippen LogP contribution in [0.3, 0.4) is 0 Å². The Morgan fingerprint density at radius 3 is 0.520 bits per heavy atom. The fraction of sp³-hybridized carbons (Fsp3) is 1.00. The first-order chi connectivity index (χ1) is 59.3. The molecule has 1 unspecified atom stereocenters. The van der Waals surface area contributed by atoms with E-state index in [1.165, 1.54) is 0 Å². The molecule has 0 aromatic rings. The summed E-state index contributed by atoms with van der Waals surface area (Å²) in [7, 11) is -112. The number of ether oxygens (including phenoxy) is 12. The quantitative estimate of drug-likeness (QED) is 0.0236. The second kappa shape index (κ2) is 79.5. The van der Waals surface area contributed by atoms with Gasteiger partial charge < -0.3 is 130 Å². The maximum Gasteiger partial charge on any atom is 1.00 e. The van der Waals surface area contributed by atoms with Crippen molar-refractivity contribution in [2.24, 2.45) is 0 Å². The molecule has 0 radical (unpaired) electrons. The normalized spacial score (nSPS) is 28.0. The molecule has 0 saturated carbocycles. The van der Waals surface area contributed by atoms with Crippen LogP contribution in [0.5, 0.6) is 0 Å². The van der Waals surface area contributed by atoms with E-state index in [1.54, 1.807) is 0 Å². The molecule has 0 amide bonds. The molecule has 5 saturated heterocycles. The second-order valence-electron chi connectivity index (χ2n) is 24.9. The third-order valence-corrected chi connectivity index (χ3v) is 22.7. The summed E-state index contributed by atoms with van der Waals surface area (Å²) in [5, 5.41) is 0. The van der Waals surface area contributed by atoms with Gasteiger partial charge in [-0.15, -0.1) is 0 Å². The molecule has 0 aromatic heterocycles. The minimum Gasteiger partial charge on any atom is -0.726 e. The SMILES string of the molecule is CCCCCCOCCOCCOC1O[C@H](COS(=O)(=O)[O-])[C@@H](OS(=O)(=O)[O-])[C@H](O[C@@H]2O[C@H](COS(=O)(=O)[O-])[C@@H](OS(=O)(=O)[O-])[C@H](O[C@@H]3O[C@H](COS(=O)(=O)[O-])[C@@H](OS(=O)(=O)[O-])[C@H](O[C@@H]4O[C@H](COS(=O)(=O)[O-])[C@@H](OS(=O)(=O)[O-])[C@H](O[C@@H]5O[C@H](COS(=O)(=O)[O-])[C@@H](OS(=O)(=O)[O-])[C@H](OS(=O)(=O)[O-])[C@H]5OS(=O)(=O)[O-])[C@H]4OS(=O)(=O)[O-])[C@H]3OS(=O)(=O)[O-])[C@H]2OS(=O)(=O)[O-])[C@H]1OS(=O)(=O)[O-].[Na+].[Na+].[Na+].[Na+].[Na+].[Na+].[Na+].[Na+].[Na+].[Na+].[Na+].[Na+].[Na+].[Na+].[Na+].[Na+]. The van der Waals surface area contributed by atoms with Crippen LogP contribution >= 0.6 is 0 Å². The molecule has 5 fully saturated rings. The first-order valence-electron chi connectivity index (χ1n) is 33.0. The van der Waals surface area contributed by atoms with E-state index in [1.807, 2.05) is 6.92 Å². The first-order valence-corrected chi connectivity index (χ1v) is 54.4. The van der Waals surface area contributed by atoms with Gasteiger partial charge in [-0.2, -0.15) is 0 Å². The Bertz CT molecular complexity index is 5890. The van der Waals surface area contributed by atoms with Crippen molar-refractivity contribution in [1.29, 1.82) is 0 Å². The maximum absolute atomic E-state index is 13.2. The van der Waals surface area contributed by atoms with Crippen molar-refractivity contribution in [3.63, 3.8) is 0 Å². The van der Waals surface area contributed by atoms with Crippen molar-refractivity contribution < 1.29 is 804 Å². The van der Waals surface area contributed by atoms with Crippen LogP contribution in [0.25, 0.3) is 0 Å². The Morgan fingerprint density at radius 2 is 0.331 bits per heavy atom. The summed E-state index contributed by atoms with van der Waals surface area (Å²) >= 11 is 0. The van der Waals surface area contributed by atoms with E-state index in [4.69, 9.17) is 56.8 Å². The molecular weight excluding hydrogens is 2580 g/mol. The fourth-order valence-electron chi connectivity index (χ4n) is 11.5. The molecule has 76 nitrogen and oxygen atoms in total. The average Bonchev–Trinajstić information content (AvgIpc) is 0.742. The summed E-state index contributed by atoms with van der Waals surface area (Å²) in [6.07, 6.45) is -98.5. The molecule has 25 atom stereocenters. The van der Waals surface area contributed by atoms with Crippen LogP contribution in [-0.4, -0.2) is 427 Å². The molecule has 0 N–H and O–H groups in total. The van der Waals surface area contributed by atoms with Crippen LogP contribution in [0.15, 0.2) is 0 Å². The van der Waals surface area contributed by atoms with Gasteiger partial charge in [-0.05, 0) is 6.42 Å². The Morgan fingerprint density at radius 1 is 0.176 bits per heavy atom. The van der Waals surface area contributed by atoms with Gasteiger partial charge in [0.25, 0.3) is 0 Å². The Kier molecular flexibility index (Phi) is 100. The molecule has 0 bridgehead atoms. The average molecular weight is 2630 g/mol. The number of hydrogen-bond donors (Lipinski definition) is 0. The zero-order chi connectivity index (χ0) is 101. The van der Waals surface area contributed by atoms with E-state index in [2.05, 4.69) is 66.9 Å². The van der Waals surface area contributed by atoms with Crippen molar-refractivity contribution in [1.82, 2.24) is 0 Å². The van der Waals surface area contributed by atoms with Crippen LogP contribution in [0, 0.1) is 0 Å². The summed E-state index contributed by atoms with van der Waals surface area (Å²) in [4.78, 5) is 0. The van der Waals surface area contributed by atoms with E-state index in [0.717, 1.165) is 12.8 Å². The smallest absolute Gasteiger partial charge is 0.726 e. The van der Waals surface area contributed by atoms with Gasteiger partial charge in [-0.25, -0.2) is 135 Å². The molecule has 5 aliphatic heterocycles. The first kappa shape index (κ1) is 186. The van der Waals surface area contributed by atoms with Crippen LogP contribution < -0.4 is 473 Å². The molecule has 5 aliphatic rings. The molecular formula is C40H56Na16O76S16. The molecule has 5 rings (SSSR count). The Hall–Kier alpha value is 13.4. The third kappa shape index (κ3) is 77.4. The van der Waals surface area contributed by atoms with Gasteiger partial charge in [0.1, 0.15) is 91.6 Å². The van der Waals surface area contributed by atoms with Crippen LogP contribution in [-0.2, 0) is 290 Å². The minimum atomic E-state index is -7.50. The largest absolute Gasteiger partial charge is 1.00 e. The Labute approximate surface area is 1200 Å². The number of unbranched alkanes of at least 4 members (excludes halogenated alkanes) is 3. The van der Waals surface area contributed by atoms with E-state index in [0.29, 0.717) is 12.8 Å². The fourth-order valence-corrected chi connectivity index (χ4v) is 18.4. The van der Waals surface area contributed by atoms with Crippen molar-refractivity contribution in [3.8, 4) is 0 Å². The second-order valence-corrected chi connectivity index (χ2v) is 41.3. The topological polar surface area (TPSA) is 1170 Å². The number of rotatable bonds is 57. The van der Waals surface area contributed by atoms with Gasteiger partial charge in [-0.1, -0.05) is 26.2 Å². The van der Waals surface area contributed by atoms with E-state index in [9.17, 15) is 208 Å². The summed E-state index contributed by atoms with van der Waals surface area (Å²) in [6.45, 7) is -13.8. The minimum absolute atomic E-state index is 0. The maximum atomic E-state index is 13.2. The van der Waals surface area contributed by atoms with Gasteiger partial charge in [0.15, 0.2) is 62.0 Å². The zero-order valence-electron chi connectivity index (χ0n) is 78.9. The van der Waals surface area contributed by atoms with E-state index >= 15 is 0 Å². The van der Waals surface area contributed by atoms with Crippen molar-refractivity contribution in [2.75, 3.05) is 66.1 Å². The Balaban J connectivity index is -0.00000116. The van der Waals surface area contributed by atoms with Gasteiger partial charge in [0, 0.05) is 6.61 Å². The summed E-state index contributed by atoms with van der Waals surface area (Å²) < 4.78 is 729. The van der Waals surface area contributed by atoms with Crippen molar-refractivity contribution >= 4 is 166 Å². The van der Waals surface area contributed by atoms with Gasteiger partial charge in [-0.3, -0.25) is 66.9 Å². The van der Waals surface area contributed by atoms with Crippen LogP contribution in [0.4, 0.5) is 0 Å². The molecule has 0 aliphatic carbocycles. The van der Waals surface area contributed by atoms with Gasteiger partial charge in [0.05, 0.1) is 59.5 Å². The predicted octanol–water partition coefficient (Wildman–Crippen LogP) is -65.5. The van der Waals surface area contributed by atoms with Gasteiger partial charge >= 0.3 is 473 Å². The summed E-state index contributed by atoms with van der Waals surface area (Å²) in [5.74, 6) is 0. The third-order valence-electron chi connectivity index (χ3n) is 15.5. The molecule has 5 heterocycles. The molecule has 784 valence electrons. The molecule has 0 spiro atoms. The van der Waals surface area contributed by atoms with Crippen molar-refractivity contribution in [3.05, 3.63) is 0 Å². The predicted molar refractivity (Wildman–Crippen MR) is 353 cm³/mol. The monoisotopic (exact) mass is 2630 g/mol. The number of hydrogen-bond acceptors (Lipinski definition) is 76. The standard InChI is InChI=1S/C40H72O76S16.16Na/c1-2-3-4-5-6-89-7-8-90-9-10-91-36-31(112-128(74,75)76)26(21(106-122(56,57)58)16(97-36)11-92-117(41,42)43)102-37-32(113-129(77,78)79)27(22(107-123(59,60)61)17(98-37)12-93-118(44,45)46)103-38-33(114-130(80,81)82)28(23(108-124(62,63)64)18(99-38)13-94-119(47,48)49)104-39-34(115-131(83,84)85)29(24(109-125(65,66)67)19(100-39)14-95-120(50,51)52)105-40-35(116-132(86,87)88)30(111-127(71,72)73)25(110-126(68,69)70)20(101-40)15-96-121(53,54)55;;;;;;;;;;;;;;;;/h16-40H,2-15H2,1H3,(H,41,42,43)(H,44,45,46)(H,47,48,49)(H,50,51,52)(H,53,54,55)(H,56,57,58)(H,59,60,61)(H,62,63,64)(H,65,66,67)(H,68,69,70)(H,71,72,73)(H,74,75,76)(H,77,78,79)(H,80,81,82)(H,83,84,85)(H,86,87,88);;;;;;;;;;;;;;;;/q;16*+1/p-16/t16-,17-,18-,19-,20-,21-,22-,23-,24-,25-,26+,27+,28+,29+,30+,31-,32-,33-,34-,35-,36?,37+,38+,39+,40+;;;;;;;;;;;;;;;;/m1................/s1. The van der Waals surface area contributed by atoms with Gasteiger partial charge in [0.2, 0.25) is 166 Å². The summed E-state index contributed by atoms with van der Waals surface area (Å²) in [5.41, 5.74) is 0. The molecule has 108 heteroatoms. The van der Waals surface area contributed by atoms with Crippen LogP contribution in [0.1, 0.15) is 32.6 Å². The molecule has 148 heavy (non-hydrogen) atoms. The van der Waals surface area contributed by atoms with Crippen molar-refractivity contribution in [2.45, 2.75) is 186 Å². The van der Waals surface area contributed by atoms with E-state index in [-0.39, 0.29) is 486 Å². The van der Waals surface area contributed by atoms with E-state index < -0.39 is 373 Å².